The van der Waals surface area contributed by atoms with Crippen molar-refractivity contribution >= 4 is 5.97 Å². The van der Waals surface area contributed by atoms with Crippen LogP contribution in [0.2, 0.25) is 0 Å². The zero-order valence-electron chi connectivity index (χ0n) is 9.40. The van der Waals surface area contributed by atoms with Crippen molar-refractivity contribution in [3.05, 3.63) is 0 Å². The Hall–Kier alpha value is -0.780. The maximum Gasteiger partial charge on any atom is 0.490 e. The summed E-state index contributed by atoms with van der Waals surface area (Å²) < 4.78 is 39.1. The van der Waals surface area contributed by atoms with E-state index in [-0.39, 0.29) is 6.61 Å². The average Bonchev–Trinajstić information content (AvgIpc) is 2.20. The van der Waals surface area contributed by atoms with Crippen LogP contribution in [0.1, 0.15) is 32.6 Å². The topological polar surface area (TPSA) is 38.3 Å². The van der Waals surface area contributed by atoms with Crippen molar-refractivity contribution in [3.63, 3.8) is 0 Å². The number of ether oxygens (including phenoxy) is 1. The van der Waals surface area contributed by atoms with Crippen molar-refractivity contribution in [2.45, 2.75) is 38.8 Å². The highest BCUT2D eigenvalue weighted by atomic mass is 19.4. The Labute approximate surface area is 93.3 Å². The van der Waals surface area contributed by atoms with Gasteiger partial charge in [-0.2, -0.15) is 13.2 Å². The van der Waals surface area contributed by atoms with E-state index in [4.69, 9.17) is 0 Å². The lowest BCUT2D eigenvalue weighted by Gasteiger charge is -2.07. The molecule has 0 heterocycles. The molecule has 0 aromatic heterocycles. The van der Waals surface area contributed by atoms with Crippen LogP contribution < -0.4 is 5.32 Å². The van der Waals surface area contributed by atoms with E-state index in [0.717, 1.165) is 32.4 Å². The number of halogens is 3. The molecule has 96 valence electrons. The van der Waals surface area contributed by atoms with Crippen LogP contribution in [0.4, 0.5) is 13.2 Å². The van der Waals surface area contributed by atoms with Gasteiger partial charge in [-0.15, -0.1) is 0 Å². The van der Waals surface area contributed by atoms with Gasteiger partial charge in [-0.1, -0.05) is 6.92 Å². The first-order valence-electron chi connectivity index (χ1n) is 5.43. The molecule has 0 aliphatic heterocycles. The van der Waals surface area contributed by atoms with E-state index in [0.29, 0.717) is 6.42 Å². The minimum atomic E-state index is -4.87. The summed E-state index contributed by atoms with van der Waals surface area (Å²) >= 11 is 0. The molecule has 0 saturated heterocycles. The fourth-order valence-electron chi connectivity index (χ4n) is 1.08. The minimum absolute atomic E-state index is 0.161. The van der Waals surface area contributed by atoms with Gasteiger partial charge in [0.25, 0.3) is 0 Å². The van der Waals surface area contributed by atoms with Gasteiger partial charge in [0.15, 0.2) is 0 Å². The number of hydrogen-bond donors (Lipinski definition) is 1. The standard InChI is InChI=1S/C10H18F3NO2/c1-2-6-14-7-4-3-5-8-16-9(15)10(11,12)13/h14H,2-8H2,1H3. The first kappa shape index (κ1) is 15.2. The Morgan fingerprint density at radius 2 is 1.88 bits per heavy atom. The van der Waals surface area contributed by atoms with Gasteiger partial charge in [0, 0.05) is 0 Å². The molecule has 1 N–H and O–H groups in total. The van der Waals surface area contributed by atoms with Crippen LogP contribution in [0.5, 0.6) is 0 Å². The summed E-state index contributed by atoms with van der Waals surface area (Å²) in [5, 5.41) is 3.17. The molecular formula is C10H18F3NO2. The second-order valence-corrected chi connectivity index (χ2v) is 3.44. The fraction of sp³-hybridized carbons (Fsp3) is 0.900. The highest BCUT2D eigenvalue weighted by Gasteiger charge is 2.40. The van der Waals surface area contributed by atoms with E-state index < -0.39 is 12.1 Å². The lowest BCUT2D eigenvalue weighted by molar-refractivity contribution is -0.199. The second-order valence-electron chi connectivity index (χ2n) is 3.44. The molecule has 0 aromatic rings. The Bertz CT molecular complexity index is 195. The van der Waals surface area contributed by atoms with Crippen molar-refractivity contribution in [1.29, 1.82) is 0 Å². The van der Waals surface area contributed by atoms with E-state index >= 15 is 0 Å². The van der Waals surface area contributed by atoms with E-state index in [1.165, 1.54) is 0 Å². The smallest absolute Gasteiger partial charge is 0.459 e. The summed E-state index contributed by atoms with van der Waals surface area (Å²) in [5.74, 6) is -2.10. The first-order chi connectivity index (χ1) is 7.48. The van der Waals surface area contributed by atoms with E-state index in [9.17, 15) is 18.0 Å². The molecule has 0 fully saturated rings. The number of carbonyl (C=O) groups is 1. The third-order valence-electron chi connectivity index (χ3n) is 1.89. The molecule has 0 amide bonds. The molecule has 0 spiro atoms. The molecule has 0 radical (unpaired) electrons. The van der Waals surface area contributed by atoms with Gasteiger partial charge < -0.3 is 10.1 Å². The summed E-state index contributed by atoms with van der Waals surface area (Å²) in [4.78, 5) is 10.3. The van der Waals surface area contributed by atoms with Crippen molar-refractivity contribution in [2.24, 2.45) is 0 Å². The van der Waals surface area contributed by atoms with Crippen molar-refractivity contribution in [2.75, 3.05) is 19.7 Å². The van der Waals surface area contributed by atoms with Crippen molar-refractivity contribution < 1.29 is 22.7 Å². The molecule has 0 saturated carbocycles. The number of alkyl halides is 3. The number of unbranched alkanes of at least 4 members (excludes halogenated alkanes) is 2. The largest absolute Gasteiger partial charge is 0.490 e. The van der Waals surface area contributed by atoms with Gasteiger partial charge in [0.1, 0.15) is 0 Å². The van der Waals surface area contributed by atoms with Gasteiger partial charge in [-0.3, -0.25) is 0 Å². The van der Waals surface area contributed by atoms with Gasteiger partial charge >= 0.3 is 12.1 Å². The predicted molar refractivity (Wildman–Crippen MR) is 54.0 cm³/mol. The Morgan fingerprint density at radius 1 is 1.19 bits per heavy atom. The van der Waals surface area contributed by atoms with Crippen LogP contribution in [0.3, 0.4) is 0 Å². The maximum absolute atomic E-state index is 11.7. The molecule has 0 aliphatic rings. The van der Waals surface area contributed by atoms with Crippen molar-refractivity contribution in [3.8, 4) is 0 Å². The summed E-state index contributed by atoms with van der Waals surface area (Å²) in [7, 11) is 0. The quantitative estimate of drug-likeness (QED) is 0.523. The molecule has 0 atom stereocenters. The molecule has 0 unspecified atom stereocenters. The molecule has 0 rings (SSSR count). The second kappa shape index (κ2) is 8.38. The Balaban J connectivity index is 3.25. The molecule has 6 heteroatoms. The van der Waals surface area contributed by atoms with Crippen LogP contribution >= 0.6 is 0 Å². The molecule has 0 aliphatic carbocycles. The predicted octanol–water partition coefficient (Wildman–Crippen LogP) is 2.26. The number of hydrogen-bond acceptors (Lipinski definition) is 3. The van der Waals surface area contributed by atoms with E-state index in [2.05, 4.69) is 17.0 Å². The molecule has 0 bridgehead atoms. The molecule has 16 heavy (non-hydrogen) atoms. The lowest BCUT2D eigenvalue weighted by atomic mass is 10.2. The molecule has 3 nitrogen and oxygen atoms in total. The number of nitrogens with one attached hydrogen (secondary N) is 1. The highest BCUT2D eigenvalue weighted by Crippen LogP contribution is 2.16. The van der Waals surface area contributed by atoms with Crippen LogP contribution in [0, 0.1) is 0 Å². The van der Waals surface area contributed by atoms with Crippen LogP contribution in [0.15, 0.2) is 0 Å². The molecular weight excluding hydrogens is 223 g/mol. The zero-order valence-corrected chi connectivity index (χ0v) is 9.40. The third kappa shape index (κ3) is 8.52. The summed E-state index contributed by atoms with van der Waals surface area (Å²) in [6.07, 6.45) is -1.72. The van der Waals surface area contributed by atoms with Crippen LogP contribution in [0.25, 0.3) is 0 Å². The van der Waals surface area contributed by atoms with E-state index in [1.54, 1.807) is 0 Å². The van der Waals surface area contributed by atoms with Gasteiger partial charge in [0.2, 0.25) is 0 Å². The first-order valence-corrected chi connectivity index (χ1v) is 5.43. The monoisotopic (exact) mass is 241 g/mol. The van der Waals surface area contributed by atoms with E-state index in [1.807, 2.05) is 0 Å². The SMILES string of the molecule is CCCNCCCCCOC(=O)C(F)(F)F. The van der Waals surface area contributed by atoms with Crippen LogP contribution in [-0.2, 0) is 9.53 Å². The molecule has 0 aromatic carbocycles. The fourth-order valence-corrected chi connectivity index (χ4v) is 1.08. The maximum atomic E-state index is 11.7. The normalized spacial score (nSPS) is 11.5. The Kier molecular flexibility index (Phi) is 7.97. The van der Waals surface area contributed by atoms with Gasteiger partial charge in [-0.05, 0) is 38.8 Å². The van der Waals surface area contributed by atoms with Gasteiger partial charge in [-0.25, -0.2) is 4.79 Å². The number of carbonyl (C=O) groups excluding carboxylic acids is 1. The summed E-state index contributed by atoms with van der Waals surface area (Å²) in [6.45, 7) is 3.69. The zero-order chi connectivity index (χ0) is 12.4. The highest BCUT2D eigenvalue weighted by molar-refractivity contribution is 5.75. The summed E-state index contributed by atoms with van der Waals surface area (Å²) in [5.41, 5.74) is 0. The number of rotatable bonds is 8. The van der Waals surface area contributed by atoms with Crippen LogP contribution in [-0.4, -0.2) is 31.8 Å². The lowest BCUT2D eigenvalue weighted by Crippen LogP contribution is -2.25. The summed E-state index contributed by atoms with van der Waals surface area (Å²) in [6, 6.07) is 0. The van der Waals surface area contributed by atoms with Crippen molar-refractivity contribution in [1.82, 2.24) is 5.32 Å². The minimum Gasteiger partial charge on any atom is -0.459 e. The van der Waals surface area contributed by atoms with Gasteiger partial charge in [0.05, 0.1) is 6.61 Å². The number of esters is 1. The average molecular weight is 241 g/mol. The Morgan fingerprint density at radius 3 is 2.44 bits per heavy atom. The third-order valence-corrected chi connectivity index (χ3v) is 1.89.